The van der Waals surface area contributed by atoms with E-state index in [1.54, 1.807) is 25.1 Å². The highest BCUT2D eigenvalue weighted by Crippen LogP contribution is 2.36. The molecule has 8 heteroatoms. The second-order valence-electron chi connectivity index (χ2n) is 6.34. The molecule has 1 amide bonds. The van der Waals surface area contributed by atoms with Crippen LogP contribution in [0.3, 0.4) is 0 Å². The molecule has 1 aliphatic heterocycles. The lowest BCUT2D eigenvalue weighted by molar-refractivity contribution is -0.116. The molecule has 2 aromatic carbocycles. The largest absolute Gasteiger partial charge is 0.493 e. The first-order chi connectivity index (χ1) is 13.9. The smallest absolute Gasteiger partial charge is 0.338 e. The third-order valence-corrected chi connectivity index (χ3v) is 4.69. The molecule has 29 heavy (non-hydrogen) atoms. The zero-order valence-corrected chi connectivity index (χ0v) is 16.8. The van der Waals surface area contributed by atoms with Gasteiger partial charge in [0.1, 0.15) is 0 Å². The Morgan fingerprint density at radius 1 is 1.14 bits per heavy atom. The molecule has 1 N–H and O–H groups in total. The highest BCUT2D eigenvalue weighted by molar-refractivity contribution is 6.32. The van der Waals surface area contributed by atoms with Crippen molar-refractivity contribution in [2.24, 2.45) is 0 Å². The van der Waals surface area contributed by atoms with E-state index >= 15 is 0 Å². The summed E-state index contributed by atoms with van der Waals surface area (Å²) >= 11 is 6.16. The second kappa shape index (κ2) is 8.96. The highest BCUT2D eigenvalue weighted by Gasteiger charge is 2.20. The maximum absolute atomic E-state index is 12.4. The van der Waals surface area contributed by atoms with Crippen molar-refractivity contribution in [3.63, 3.8) is 0 Å². The van der Waals surface area contributed by atoms with Crippen LogP contribution in [0.1, 0.15) is 39.6 Å². The number of hydrogen-bond donors (Lipinski definition) is 1. The standard InChI is InChI=1S/C21H20ClNO6/c1-3-28-20-15(22)9-14(10-18(20)27-2)21(26)29-11-17(24)13-4-6-16-12(8-13)5-7-19(25)23-16/h4,6,8-10H,3,5,7,11H2,1-2H3,(H,23,25). The minimum Gasteiger partial charge on any atom is -0.493 e. The minimum absolute atomic E-state index is 0.0463. The average Bonchev–Trinajstić information content (AvgIpc) is 2.72. The normalized spacial score (nSPS) is 12.6. The lowest BCUT2D eigenvalue weighted by Gasteiger charge is -2.17. The van der Waals surface area contributed by atoms with Gasteiger partial charge in [-0.15, -0.1) is 0 Å². The number of anilines is 1. The van der Waals surface area contributed by atoms with Crippen LogP contribution in [0.4, 0.5) is 5.69 Å². The summed E-state index contributed by atoms with van der Waals surface area (Å²) in [5.74, 6) is -0.455. The van der Waals surface area contributed by atoms with Crippen molar-refractivity contribution in [1.82, 2.24) is 0 Å². The molecule has 0 bridgehead atoms. The molecule has 1 heterocycles. The summed E-state index contributed by atoms with van der Waals surface area (Å²) in [5.41, 5.74) is 2.14. The molecule has 0 aliphatic carbocycles. The van der Waals surface area contributed by atoms with Crippen LogP contribution in [0.2, 0.25) is 5.02 Å². The van der Waals surface area contributed by atoms with Crippen LogP contribution in [-0.2, 0) is 16.0 Å². The fraction of sp³-hybridized carbons (Fsp3) is 0.286. The quantitative estimate of drug-likeness (QED) is 0.546. The molecule has 1 aliphatic rings. The molecule has 3 rings (SSSR count). The van der Waals surface area contributed by atoms with Gasteiger partial charge in [0.2, 0.25) is 5.91 Å². The van der Waals surface area contributed by atoms with Gasteiger partial charge in [-0.05, 0) is 49.2 Å². The average molecular weight is 418 g/mol. The van der Waals surface area contributed by atoms with Gasteiger partial charge in [-0.3, -0.25) is 9.59 Å². The van der Waals surface area contributed by atoms with E-state index in [4.69, 9.17) is 25.8 Å². The summed E-state index contributed by atoms with van der Waals surface area (Å²) in [6.45, 7) is 1.77. The number of ether oxygens (including phenoxy) is 3. The van der Waals surface area contributed by atoms with Crippen LogP contribution in [0.5, 0.6) is 11.5 Å². The Kier molecular flexibility index (Phi) is 6.39. The molecule has 0 fully saturated rings. The molecular weight excluding hydrogens is 398 g/mol. The Bertz CT molecular complexity index is 972. The Labute approximate surface area is 172 Å². The van der Waals surface area contributed by atoms with Crippen molar-refractivity contribution >= 4 is 34.9 Å². The van der Waals surface area contributed by atoms with Crippen LogP contribution < -0.4 is 14.8 Å². The molecule has 0 spiro atoms. The Hall–Kier alpha value is -3.06. The summed E-state index contributed by atoms with van der Waals surface area (Å²) in [7, 11) is 1.44. The van der Waals surface area contributed by atoms with Crippen LogP contribution in [-0.4, -0.2) is 38.0 Å². The molecule has 2 aromatic rings. The number of carbonyl (C=O) groups excluding carboxylic acids is 3. The zero-order valence-electron chi connectivity index (χ0n) is 16.0. The summed E-state index contributed by atoms with van der Waals surface area (Å²) in [6, 6.07) is 7.84. The monoisotopic (exact) mass is 417 g/mol. The topological polar surface area (TPSA) is 90.9 Å². The predicted octanol–water partition coefficient (Wildman–Crippen LogP) is 3.67. The van der Waals surface area contributed by atoms with E-state index in [2.05, 4.69) is 5.32 Å². The maximum Gasteiger partial charge on any atom is 0.338 e. The van der Waals surface area contributed by atoms with E-state index in [0.717, 1.165) is 5.56 Å². The third-order valence-electron chi connectivity index (χ3n) is 4.41. The molecule has 152 valence electrons. The van der Waals surface area contributed by atoms with E-state index in [1.807, 2.05) is 0 Å². The van der Waals surface area contributed by atoms with Gasteiger partial charge in [0.15, 0.2) is 23.9 Å². The number of esters is 1. The lowest BCUT2D eigenvalue weighted by Crippen LogP contribution is -2.20. The SMILES string of the molecule is CCOc1c(Cl)cc(C(=O)OCC(=O)c2ccc3c(c2)CCC(=O)N3)cc1OC. The van der Waals surface area contributed by atoms with Gasteiger partial charge in [-0.1, -0.05) is 11.6 Å². The number of benzene rings is 2. The number of Topliss-reactive ketones (excluding diaryl/α,β-unsaturated/α-hetero) is 1. The minimum atomic E-state index is -0.702. The number of halogens is 1. The predicted molar refractivity (Wildman–Crippen MR) is 107 cm³/mol. The molecule has 0 radical (unpaired) electrons. The number of fused-ring (bicyclic) bond motifs is 1. The van der Waals surface area contributed by atoms with Gasteiger partial charge in [-0.2, -0.15) is 0 Å². The maximum atomic E-state index is 12.4. The zero-order chi connectivity index (χ0) is 21.0. The Morgan fingerprint density at radius 2 is 1.93 bits per heavy atom. The van der Waals surface area contributed by atoms with Gasteiger partial charge in [0.05, 0.1) is 24.3 Å². The fourth-order valence-electron chi connectivity index (χ4n) is 2.98. The number of nitrogens with one attached hydrogen (secondary N) is 1. The van der Waals surface area contributed by atoms with Crippen LogP contribution in [0.15, 0.2) is 30.3 Å². The van der Waals surface area contributed by atoms with Crippen molar-refractivity contribution in [2.75, 3.05) is 25.6 Å². The van der Waals surface area contributed by atoms with E-state index in [-0.39, 0.29) is 22.3 Å². The van der Waals surface area contributed by atoms with Gasteiger partial charge < -0.3 is 19.5 Å². The van der Waals surface area contributed by atoms with E-state index in [0.29, 0.717) is 42.2 Å². The Morgan fingerprint density at radius 3 is 2.66 bits per heavy atom. The van der Waals surface area contributed by atoms with Gasteiger partial charge in [0, 0.05) is 17.7 Å². The second-order valence-corrected chi connectivity index (χ2v) is 6.75. The number of carbonyl (C=O) groups is 3. The number of hydrogen-bond acceptors (Lipinski definition) is 6. The van der Waals surface area contributed by atoms with Crippen molar-refractivity contribution in [2.45, 2.75) is 19.8 Å². The van der Waals surface area contributed by atoms with E-state index in [9.17, 15) is 14.4 Å². The molecule has 0 unspecified atom stereocenters. The van der Waals surface area contributed by atoms with Crippen LogP contribution in [0.25, 0.3) is 0 Å². The molecule has 7 nitrogen and oxygen atoms in total. The van der Waals surface area contributed by atoms with Crippen molar-refractivity contribution in [3.05, 3.63) is 52.0 Å². The first-order valence-electron chi connectivity index (χ1n) is 9.06. The summed E-state index contributed by atoms with van der Waals surface area (Å²) in [4.78, 5) is 36.2. The first kappa shape index (κ1) is 20.7. The molecular formula is C21H20ClNO6. The number of methoxy groups -OCH3 is 1. The van der Waals surface area contributed by atoms with Crippen LogP contribution >= 0.6 is 11.6 Å². The van der Waals surface area contributed by atoms with E-state index < -0.39 is 12.6 Å². The number of rotatable bonds is 7. The van der Waals surface area contributed by atoms with Crippen molar-refractivity contribution in [1.29, 1.82) is 0 Å². The highest BCUT2D eigenvalue weighted by atomic mass is 35.5. The lowest BCUT2D eigenvalue weighted by atomic mass is 9.99. The first-order valence-corrected chi connectivity index (χ1v) is 9.44. The number of aryl methyl sites for hydroxylation is 1. The molecule has 0 aromatic heterocycles. The number of amides is 1. The Balaban J connectivity index is 1.68. The van der Waals surface area contributed by atoms with E-state index in [1.165, 1.54) is 19.2 Å². The molecule has 0 atom stereocenters. The summed E-state index contributed by atoms with van der Waals surface area (Å²) in [6.07, 6.45) is 0.937. The van der Waals surface area contributed by atoms with Gasteiger partial charge in [0.25, 0.3) is 0 Å². The third kappa shape index (κ3) is 4.68. The van der Waals surface area contributed by atoms with Gasteiger partial charge in [-0.25, -0.2) is 4.79 Å². The van der Waals surface area contributed by atoms with Crippen LogP contribution in [0, 0.1) is 0 Å². The number of ketones is 1. The summed E-state index contributed by atoms with van der Waals surface area (Å²) < 4.78 is 15.8. The summed E-state index contributed by atoms with van der Waals surface area (Å²) in [5, 5.41) is 2.97. The molecule has 0 saturated heterocycles. The van der Waals surface area contributed by atoms with Crippen molar-refractivity contribution in [3.8, 4) is 11.5 Å². The molecule has 0 saturated carbocycles. The fourth-order valence-corrected chi connectivity index (χ4v) is 3.24. The van der Waals surface area contributed by atoms with Gasteiger partial charge >= 0.3 is 5.97 Å². The van der Waals surface area contributed by atoms with Crippen molar-refractivity contribution < 1.29 is 28.6 Å².